The average Bonchev–Trinajstić information content (AvgIpc) is 2.64. The molecule has 2 heterocycles. The lowest BCUT2D eigenvalue weighted by Crippen LogP contribution is -2.54. The largest absolute Gasteiger partial charge is 0.468 e. The number of carbonyl (C=O) groups is 1. The van der Waals surface area contributed by atoms with Gasteiger partial charge in [0, 0.05) is 19.7 Å². The second-order valence-electron chi connectivity index (χ2n) is 3.96. The van der Waals surface area contributed by atoms with E-state index in [2.05, 4.69) is 4.90 Å². The predicted octanol–water partition coefficient (Wildman–Crippen LogP) is 0.413. The van der Waals surface area contributed by atoms with Crippen LogP contribution in [0.1, 0.15) is 19.3 Å². The van der Waals surface area contributed by atoms with Gasteiger partial charge in [-0.2, -0.15) is 0 Å². The van der Waals surface area contributed by atoms with Gasteiger partial charge in [0.2, 0.25) is 0 Å². The smallest absolute Gasteiger partial charge is 0.323 e. The monoisotopic (exact) mass is 199 g/mol. The van der Waals surface area contributed by atoms with E-state index < -0.39 is 0 Å². The van der Waals surface area contributed by atoms with E-state index in [1.165, 1.54) is 7.11 Å². The van der Waals surface area contributed by atoms with E-state index in [1.54, 1.807) is 0 Å². The number of nitrogens with zero attached hydrogens (tertiary/aromatic N) is 1. The SMILES string of the molecule is COC(=O)[C@H]1CCN1C[C@@H]1CCCO1. The van der Waals surface area contributed by atoms with Gasteiger partial charge in [0.25, 0.3) is 0 Å². The van der Waals surface area contributed by atoms with Crippen molar-refractivity contribution in [3.63, 3.8) is 0 Å². The number of rotatable bonds is 3. The normalized spacial score (nSPS) is 32.6. The van der Waals surface area contributed by atoms with Crippen LogP contribution in [-0.4, -0.2) is 49.8 Å². The summed E-state index contributed by atoms with van der Waals surface area (Å²) >= 11 is 0. The molecule has 0 radical (unpaired) electrons. The van der Waals surface area contributed by atoms with Crippen LogP contribution in [0.2, 0.25) is 0 Å². The molecule has 2 fully saturated rings. The molecule has 0 aliphatic carbocycles. The Bertz CT molecular complexity index is 213. The van der Waals surface area contributed by atoms with E-state index in [4.69, 9.17) is 9.47 Å². The third-order valence-electron chi connectivity index (χ3n) is 3.07. The highest BCUT2D eigenvalue weighted by molar-refractivity contribution is 5.76. The Morgan fingerprint density at radius 2 is 2.43 bits per heavy atom. The van der Waals surface area contributed by atoms with Crippen LogP contribution in [0.3, 0.4) is 0 Å². The molecule has 4 nitrogen and oxygen atoms in total. The Hall–Kier alpha value is -0.610. The maximum absolute atomic E-state index is 11.3. The van der Waals surface area contributed by atoms with Crippen molar-refractivity contribution in [3.05, 3.63) is 0 Å². The van der Waals surface area contributed by atoms with E-state index in [0.29, 0.717) is 6.10 Å². The molecule has 2 atom stereocenters. The van der Waals surface area contributed by atoms with Crippen molar-refractivity contribution in [2.45, 2.75) is 31.4 Å². The quantitative estimate of drug-likeness (QED) is 0.617. The fourth-order valence-corrected chi connectivity index (χ4v) is 2.11. The van der Waals surface area contributed by atoms with E-state index in [1.807, 2.05) is 0 Å². The van der Waals surface area contributed by atoms with Gasteiger partial charge in [-0.1, -0.05) is 0 Å². The van der Waals surface area contributed by atoms with Crippen LogP contribution in [0, 0.1) is 0 Å². The molecule has 0 aromatic heterocycles. The topological polar surface area (TPSA) is 38.8 Å². The summed E-state index contributed by atoms with van der Waals surface area (Å²) in [5, 5.41) is 0. The first-order valence-corrected chi connectivity index (χ1v) is 5.24. The summed E-state index contributed by atoms with van der Waals surface area (Å²) in [7, 11) is 1.45. The molecule has 2 saturated heterocycles. The van der Waals surface area contributed by atoms with Gasteiger partial charge >= 0.3 is 5.97 Å². The molecule has 0 bridgehead atoms. The maximum Gasteiger partial charge on any atom is 0.323 e. The highest BCUT2D eigenvalue weighted by atomic mass is 16.5. The molecule has 80 valence electrons. The van der Waals surface area contributed by atoms with Gasteiger partial charge in [0.05, 0.1) is 13.2 Å². The van der Waals surface area contributed by atoms with E-state index in [0.717, 1.165) is 39.0 Å². The lowest BCUT2D eigenvalue weighted by Gasteiger charge is -2.39. The molecule has 14 heavy (non-hydrogen) atoms. The molecule has 0 unspecified atom stereocenters. The standard InChI is InChI=1S/C10H17NO3/c1-13-10(12)9-4-5-11(9)7-8-3-2-6-14-8/h8-9H,2-7H2,1H3/t8-,9+/m0/s1. The summed E-state index contributed by atoms with van der Waals surface area (Å²) in [5.41, 5.74) is 0. The Morgan fingerprint density at radius 1 is 1.57 bits per heavy atom. The van der Waals surface area contributed by atoms with Crippen LogP contribution >= 0.6 is 0 Å². The first-order chi connectivity index (χ1) is 6.81. The number of methoxy groups -OCH3 is 1. The molecular formula is C10H17NO3. The van der Waals surface area contributed by atoms with Gasteiger partial charge in [0.1, 0.15) is 6.04 Å². The molecule has 0 amide bonds. The number of likely N-dealkylation sites (tertiary alicyclic amines) is 1. The number of hydrogen-bond acceptors (Lipinski definition) is 4. The second kappa shape index (κ2) is 4.28. The molecule has 2 aliphatic rings. The zero-order valence-electron chi connectivity index (χ0n) is 8.57. The minimum Gasteiger partial charge on any atom is -0.468 e. The van der Waals surface area contributed by atoms with Gasteiger partial charge in [-0.05, 0) is 19.3 Å². The van der Waals surface area contributed by atoms with Gasteiger partial charge in [-0.25, -0.2) is 0 Å². The Morgan fingerprint density at radius 3 is 2.93 bits per heavy atom. The molecule has 0 N–H and O–H groups in total. The van der Waals surface area contributed by atoms with Gasteiger partial charge in [-0.3, -0.25) is 9.69 Å². The Kier molecular flexibility index (Phi) is 3.03. The van der Waals surface area contributed by atoms with E-state index in [9.17, 15) is 4.79 Å². The Labute approximate surface area is 84.2 Å². The summed E-state index contributed by atoms with van der Waals surface area (Å²) in [6, 6.07) is -0.0100. The van der Waals surface area contributed by atoms with Crippen molar-refractivity contribution in [2.24, 2.45) is 0 Å². The number of esters is 1. The third kappa shape index (κ3) is 1.91. The van der Waals surface area contributed by atoms with Crippen molar-refractivity contribution >= 4 is 5.97 Å². The van der Waals surface area contributed by atoms with Crippen molar-refractivity contribution in [3.8, 4) is 0 Å². The summed E-state index contributed by atoms with van der Waals surface area (Å²) < 4.78 is 10.3. The molecule has 0 aromatic carbocycles. The van der Waals surface area contributed by atoms with E-state index >= 15 is 0 Å². The fourth-order valence-electron chi connectivity index (χ4n) is 2.11. The van der Waals surface area contributed by atoms with Crippen LogP contribution in [-0.2, 0) is 14.3 Å². The highest BCUT2D eigenvalue weighted by Crippen LogP contribution is 2.22. The molecular weight excluding hydrogens is 182 g/mol. The first-order valence-electron chi connectivity index (χ1n) is 5.24. The first kappa shape index (κ1) is 9.93. The van der Waals surface area contributed by atoms with Gasteiger partial charge in [-0.15, -0.1) is 0 Å². The summed E-state index contributed by atoms with van der Waals surface area (Å²) in [4.78, 5) is 13.4. The summed E-state index contributed by atoms with van der Waals surface area (Å²) in [6.45, 7) is 2.76. The average molecular weight is 199 g/mol. The molecule has 0 aromatic rings. The second-order valence-corrected chi connectivity index (χ2v) is 3.96. The fraction of sp³-hybridized carbons (Fsp3) is 0.900. The van der Waals surface area contributed by atoms with Crippen LogP contribution in [0.4, 0.5) is 0 Å². The van der Waals surface area contributed by atoms with Gasteiger partial charge in [0.15, 0.2) is 0 Å². The minimum atomic E-state index is -0.103. The zero-order chi connectivity index (χ0) is 9.97. The lowest BCUT2D eigenvalue weighted by atomic mass is 10.0. The third-order valence-corrected chi connectivity index (χ3v) is 3.07. The van der Waals surface area contributed by atoms with Crippen molar-refractivity contribution in [1.29, 1.82) is 0 Å². The zero-order valence-corrected chi connectivity index (χ0v) is 8.57. The molecule has 0 spiro atoms. The predicted molar refractivity (Wildman–Crippen MR) is 51.0 cm³/mol. The number of ether oxygens (including phenoxy) is 2. The summed E-state index contributed by atoms with van der Waals surface area (Å²) in [5.74, 6) is -0.103. The van der Waals surface area contributed by atoms with Crippen molar-refractivity contribution in [2.75, 3.05) is 26.8 Å². The van der Waals surface area contributed by atoms with Crippen molar-refractivity contribution < 1.29 is 14.3 Å². The van der Waals surface area contributed by atoms with Crippen LogP contribution in [0.15, 0.2) is 0 Å². The van der Waals surface area contributed by atoms with Crippen molar-refractivity contribution in [1.82, 2.24) is 4.90 Å². The molecule has 0 saturated carbocycles. The lowest BCUT2D eigenvalue weighted by molar-refractivity contribution is -0.152. The number of hydrogen-bond donors (Lipinski definition) is 0. The van der Waals surface area contributed by atoms with Crippen LogP contribution < -0.4 is 0 Å². The highest BCUT2D eigenvalue weighted by Gasteiger charge is 2.36. The van der Waals surface area contributed by atoms with Crippen LogP contribution in [0.5, 0.6) is 0 Å². The summed E-state index contributed by atoms with van der Waals surface area (Å²) in [6.07, 6.45) is 3.55. The van der Waals surface area contributed by atoms with E-state index in [-0.39, 0.29) is 12.0 Å². The maximum atomic E-state index is 11.3. The minimum absolute atomic E-state index is 0.0100. The number of carbonyl (C=O) groups excluding carboxylic acids is 1. The molecule has 4 heteroatoms. The van der Waals surface area contributed by atoms with Crippen LogP contribution in [0.25, 0.3) is 0 Å². The Balaban J connectivity index is 1.78. The molecule has 2 aliphatic heterocycles. The molecule has 2 rings (SSSR count). The van der Waals surface area contributed by atoms with Gasteiger partial charge < -0.3 is 9.47 Å².